The second-order valence-corrected chi connectivity index (χ2v) is 4.39. The molecule has 0 aliphatic rings. The average molecular weight is 308 g/mol. The van der Waals surface area contributed by atoms with Gasteiger partial charge in [-0.3, -0.25) is 0 Å². The molecule has 6 heteroatoms. The van der Waals surface area contributed by atoms with Crippen molar-refractivity contribution in [2.75, 3.05) is 42.7 Å². The van der Waals surface area contributed by atoms with Crippen molar-refractivity contribution in [3.63, 3.8) is 0 Å². The van der Waals surface area contributed by atoms with Crippen LogP contribution in [0.4, 0.5) is 0 Å². The van der Waals surface area contributed by atoms with E-state index in [1.807, 2.05) is 6.07 Å². The molecule has 2 aromatic carbocycles. The maximum absolute atomic E-state index is 5.53. The lowest BCUT2D eigenvalue weighted by molar-refractivity contribution is 0.308. The number of rotatable bonds is 6. The zero-order valence-corrected chi connectivity index (χ0v) is 13.6. The normalized spacial score (nSPS) is 10.3. The van der Waals surface area contributed by atoms with Crippen LogP contribution in [0.15, 0.2) is 12.1 Å². The number of ether oxygens (including phenoxy) is 6. The number of benzene rings is 2. The Morgan fingerprint density at radius 3 is 1.55 bits per heavy atom. The SMILES string of the molecule is COc1cc(OC)c2c(OC)c(OC)c(OC)c(OC)c2c1. The number of hydrogen-bond acceptors (Lipinski definition) is 6. The average Bonchev–Trinajstić information content (AvgIpc) is 2.57. The molecule has 0 atom stereocenters. The van der Waals surface area contributed by atoms with Crippen molar-refractivity contribution in [3.8, 4) is 34.5 Å². The van der Waals surface area contributed by atoms with E-state index in [1.165, 1.54) is 0 Å². The molecule has 0 saturated carbocycles. The van der Waals surface area contributed by atoms with Gasteiger partial charge in [-0.25, -0.2) is 0 Å². The van der Waals surface area contributed by atoms with Gasteiger partial charge < -0.3 is 28.4 Å². The molecule has 0 unspecified atom stereocenters. The summed E-state index contributed by atoms with van der Waals surface area (Å²) >= 11 is 0. The van der Waals surface area contributed by atoms with Crippen LogP contribution in [0.25, 0.3) is 10.8 Å². The summed E-state index contributed by atoms with van der Waals surface area (Å²) in [7, 11) is 9.38. The van der Waals surface area contributed by atoms with Crippen LogP contribution < -0.4 is 28.4 Å². The van der Waals surface area contributed by atoms with E-state index >= 15 is 0 Å². The Morgan fingerprint density at radius 1 is 0.545 bits per heavy atom. The summed E-state index contributed by atoms with van der Waals surface area (Å²) in [5, 5.41) is 1.47. The van der Waals surface area contributed by atoms with Crippen LogP contribution in [-0.2, 0) is 0 Å². The molecule has 120 valence electrons. The maximum atomic E-state index is 5.53. The van der Waals surface area contributed by atoms with Crippen LogP contribution in [0.1, 0.15) is 0 Å². The second kappa shape index (κ2) is 6.51. The second-order valence-electron chi connectivity index (χ2n) is 4.39. The molecule has 0 amide bonds. The van der Waals surface area contributed by atoms with E-state index < -0.39 is 0 Å². The molecule has 0 aliphatic heterocycles. The van der Waals surface area contributed by atoms with E-state index in [9.17, 15) is 0 Å². The Hall–Kier alpha value is -2.50. The predicted octanol–water partition coefficient (Wildman–Crippen LogP) is 2.89. The number of fused-ring (bicyclic) bond motifs is 1. The van der Waals surface area contributed by atoms with Gasteiger partial charge in [0.15, 0.2) is 11.5 Å². The molecule has 2 rings (SSSR count). The van der Waals surface area contributed by atoms with Gasteiger partial charge in [-0.1, -0.05) is 0 Å². The van der Waals surface area contributed by atoms with Crippen molar-refractivity contribution < 1.29 is 28.4 Å². The van der Waals surface area contributed by atoms with Crippen LogP contribution in [0.5, 0.6) is 34.5 Å². The molecule has 22 heavy (non-hydrogen) atoms. The fraction of sp³-hybridized carbons (Fsp3) is 0.375. The first-order valence-electron chi connectivity index (χ1n) is 6.58. The summed E-state index contributed by atoms with van der Waals surface area (Å²) in [6, 6.07) is 3.61. The Balaban J connectivity index is 3.05. The first-order valence-corrected chi connectivity index (χ1v) is 6.58. The minimum absolute atomic E-state index is 0.442. The monoisotopic (exact) mass is 308 g/mol. The molecule has 0 bridgehead atoms. The van der Waals surface area contributed by atoms with Crippen LogP contribution in [0.3, 0.4) is 0 Å². The highest BCUT2D eigenvalue weighted by molar-refractivity contribution is 6.03. The lowest BCUT2D eigenvalue weighted by Crippen LogP contribution is -2.01. The summed E-state index contributed by atoms with van der Waals surface area (Å²) in [5.41, 5.74) is 0. The highest BCUT2D eigenvalue weighted by Crippen LogP contribution is 2.54. The van der Waals surface area contributed by atoms with E-state index in [2.05, 4.69) is 0 Å². The fourth-order valence-electron chi connectivity index (χ4n) is 2.49. The first kappa shape index (κ1) is 15.9. The Labute approximate surface area is 129 Å². The van der Waals surface area contributed by atoms with E-state index in [0.29, 0.717) is 34.5 Å². The third kappa shape index (κ3) is 2.30. The van der Waals surface area contributed by atoms with Crippen LogP contribution in [0, 0.1) is 0 Å². The molecule has 6 nitrogen and oxygen atoms in total. The van der Waals surface area contributed by atoms with Crippen LogP contribution >= 0.6 is 0 Å². The number of hydrogen-bond donors (Lipinski definition) is 0. The molecule has 0 heterocycles. The summed E-state index contributed by atoms with van der Waals surface area (Å²) in [6.45, 7) is 0. The van der Waals surface area contributed by atoms with Crippen molar-refractivity contribution >= 4 is 10.8 Å². The van der Waals surface area contributed by atoms with Gasteiger partial charge in [0.1, 0.15) is 11.5 Å². The molecule has 0 aliphatic carbocycles. The van der Waals surface area contributed by atoms with E-state index in [4.69, 9.17) is 28.4 Å². The van der Waals surface area contributed by atoms with Crippen molar-refractivity contribution in [2.24, 2.45) is 0 Å². The maximum Gasteiger partial charge on any atom is 0.208 e. The topological polar surface area (TPSA) is 55.4 Å². The summed E-state index contributed by atoms with van der Waals surface area (Å²) in [4.78, 5) is 0. The largest absolute Gasteiger partial charge is 0.497 e. The molecule has 0 N–H and O–H groups in total. The third-order valence-corrected chi connectivity index (χ3v) is 3.44. The van der Waals surface area contributed by atoms with E-state index in [1.54, 1.807) is 48.7 Å². The third-order valence-electron chi connectivity index (χ3n) is 3.44. The molecular formula is C16H20O6. The molecule has 2 aromatic rings. The lowest BCUT2D eigenvalue weighted by Gasteiger charge is -2.20. The van der Waals surface area contributed by atoms with E-state index in [-0.39, 0.29) is 0 Å². The van der Waals surface area contributed by atoms with Crippen LogP contribution in [-0.4, -0.2) is 42.7 Å². The predicted molar refractivity (Wildman–Crippen MR) is 83.3 cm³/mol. The van der Waals surface area contributed by atoms with Gasteiger partial charge in [0, 0.05) is 11.5 Å². The lowest BCUT2D eigenvalue weighted by atomic mass is 10.0. The van der Waals surface area contributed by atoms with Gasteiger partial charge in [-0.05, 0) is 6.07 Å². The van der Waals surface area contributed by atoms with Crippen molar-refractivity contribution in [3.05, 3.63) is 12.1 Å². The standard InChI is InChI=1S/C16H20O6/c1-17-9-7-10-12(11(8-9)18-2)14(20-4)16(22-6)15(21-5)13(10)19-3/h7-8H,1-6H3. The smallest absolute Gasteiger partial charge is 0.208 e. The van der Waals surface area contributed by atoms with E-state index in [0.717, 1.165) is 10.8 Å². The van der Waals surface area contributed by atoms with Gasteiger partial charge in [-0.2, -0.15) is 0 Å². The quantitative estimate of drug-likeness (QED) is 0.818. The van der Waals surface area contributed by atoms with Crippen molar-refractivity contribution in [1.82, 2.24) is 0 Å². The van der Waals surface area contributed by atoms with Gasteiger partial charge in [0.2, 0.25) is 11.5 Å². The fourth-order valence-corrected chi connectivity index (χ4v) is 2.49. The molecular weight excluding hydrogens is 288 g/mol. The highest BCUT2D eigenvalue weighted by Gasteiger charge is 2.26. The molecule has 0 spiro atoms. The minimum atomic E-state index is 0.442. The van der Waals surface area contributed by atoms with Gasteiger partial charge in [0.25, 0.3) is 0 Å². The molecule has 0 aromatic heterocycles. The summed E-state index contributed by atoms with van der Waals surface area (Å²) in [6.07, 6.45) is 0. The Kier molecular flexibility index (Phi) is 4.70. The number of methoxy groups -OCH3 is 6. The zero-order chi connectivity index (χ0) is 16.3. The van der Waals surface area contributed by atoms with Crippen molar-refractivity contribution in [1.29, 1.82) is 0 Å². The Bertz CT molecular complexity index is 680. The Morgan fingerprint density at radius 2 is 1.09 bits per heavy atom. The van der Waals surface area contributed by atoms with Gasteiger partial charge in [-0.15, -0.1) is 0 Å². The summed E-state index contributed by atoms with van der Waals surface area (Å²) in [5.74, 6) is 3.15. The summed E-state index contributed by atoms with van der Waals surface area (Å²) < 4.78 is 32.7. The highest BCUT2D eigenvalue weighted by atomic mass is 16.5. The minimum Gasteiger partial charge on any atom is -0.497 e. The van der Waals surface area contributed by atoms with Gasteiger partial charge >= 0.3 is 0 Å². The van der Waals surface area contributed by atoms with Gasteiger partial charge in [0.05, 0.1) is 48.0 Å². The van der Waals surface area contributed by atoms with Crippen molar-refractivity contribution in [2.45, 2.75) is 0 Å². The molecule has 0 radical (unpaired) electrons. The first-order chi connectivity index (χ1) is 10.7. The molecule has 0 fully saturated rings. The van der Waals surface area contributed by atoms with Crippen LogP contribution in [0.2, 0.25) is 0 Å². The molecule has 0 saturated heterocycles. The zero-order valence-electron chi connectivity index (χ0n) is 13.6.